The van der Waals surface area contributed by atoms with Crippen LogP contribution in [-0.4, -0.2) is 15.5 Å². The fourth-order valence-electron chi connectivity index (χ4n) is 2.10. The third-order valence-electron chi connectivity index (χ3n) is 2.83. The summed E-state index contributed by atoms with van der Waals surface area (Å²) in [5.74, 6) is -0.265. The first-order valence-corrected chi connectivity index (χ1v) is 5.91. The van der Waals surface area contributed by atoms with Gasteiger partial charge in [-0.3, -0.25) is 4.79 Å². The fourth-order valence-corrected chi connectivity index (χ4v) is 2.43. The Balaban J connectivity index is 2.72. The lowest BCUT2D eigenvalue weighted by Gasteiger charge is -2.19. The molecule has 1 aromatic heterocycles. The number of hydrogen-bond acceptors (Lipinski definition) is 2. The van der Waals surface area contributed by atoms with Crippen molar-refractivity contribution in [3.05, 3.63) is 29.0 Å². The molecule has 0 spiro atoms. The smallest absolute Gasteiger partial charge is 0.240 e. The molecule has 2 aromatic rings. The van der Waals surface area contributed by atoms with Crippen molar-refractivity contribution >= 4 is 29.2 Å². The highest BCUT2D eigenvalue weighted by molar-refractivity contribution is 7.71. The number of primary amides is 1. The molecule has 0 radical (unpaired) electrons. The molecule has 1 unspecified atom stereocenters. The van der Waals surface area contributed by atoms with Gasteiger partial charge >= 0.3 is 0 Å². The minimum atomic E-state index is -0.418. The SMILES string of the molecule is CC(C)C(C(N)=O)n1c(=S)[nH]c2ccccc21. The number of hydrogen-bond donors (Lipinski definition) is 2. The van der Waals surface area contributed by atoms with Crippen LogP contribution in [0.25, 0.3) is 11.0 Å². The molecule has 0 aliphatic carbocycles. The molecule has 0 saturated carbocycles. The van der Waals surface area contributed by atoms with E-state index >= 15 is 0 Å². The van der Waals surface area contributed by atoms with E-state index in [1.165, 1.54) is 0 Å². The topological polar surface area (TPSA) is 63.8 Å². The van der Waals surface area contributed by atoms with Gasteiger partial charge in [0.05, 0.1) is 11.0 Å². The Morgan fingerprint density at radius 2 is 2.06 bits per heavy atom. The van der Waals surface area contributed by atoms with Gasteiger partial charge in [0.15, 0.2) is 4.77 Å². The Labute approximate surface area is 104 Å². The molecule has 2 rings (SSSR count). The highest BCUT2D eigenvalue weighted by Crippen LogP contribution is 2.24. The second-order valence-corrected chi connectivity index (χ2v) is 4.80. The summed E-state index contributed by atoms with van der Waals surface area (Å²) in [6, 6.07) is 7.28. The van der Waals surface area contributed by atoms with Crippen LogP contribution in [0.15, 0.2) is 24.3 Å². The third-order valence-corrected chi connectivity index (χ3v) is 3.12. The molecule has 1 amide bonds. The van der Waals surface area contributed by atoms with Crippen molar-refractivity contribution in [3.8, 4) is 0 Å². The molecule has 1 aromatic carbocycles. The van der Waals surface area contributed by atoms with Crippen molar-refractivity contribution in [3.63, 3.8) is 0 Å². The van der Waals surface area contributed by atoms with Crippen molar-refractivity contribution in [1.29, 1.82) is 0 Å². The molecule has 17 heavy (non-hydrogen) atoms. The van der Waals surface area contributed by atoms with Crippen molar-refractivity contribution < 1.29 is 4.79 Å². The summed E-state index contributed by atoms with van der Waals surface area (Å²) in [5, 5.41) is 0. The Kier molecular flexibility index (Phi) is 3.02. The van der Waals surface area contributed by atoms with Crippen LogP contribution in [0, 0.1) is 10.7 Å². The van der Waals surface area contributed by atoms with Crippen molar-refractivity contribution in [2.24, 2.45) is 11.7 Å². The number of aromatic nitrogens is 2. The van der Waals surface area contributed by atoms with E-state index in [-0.39, 0.29) is 11.8 Å². The molecule has 1 atom stereocenters. The lowest BCUT2D eigenvalue weighted by Crippen LogP contribution is -2.30. The normalized spacial score (nSPS) is 13.1. The number of imidazole rings is 1. The molecule has 0 fully saturated rings. The Bertz CT molecular complexity index is 611. The average Bonchev–Trinajstić information content (AvgIpc) is 2.55. The quantitative estimate of drug-likeness (QED) is 0.820. The summed E-state index contributed by atoms with van der Waals surface area (Å²) in [6.07, 6.45) is 0. The number of carbonyl (C=O) groups is 1. The largest absolute Gasteiger partial charge is 0.368 e. The van der Waals surface area contributed by atoms with E-state index in [0.29, 0.717) is 4.77 Å². The fraction of sp³-hybridized carbons (Fsp3) is 0.333. The highest BCUT2D eigenvalue weighted by atomic mass is 32.1. The molecule has 0 bridgehead atoms. The van der Waals surface area contributed by atoms with Crippen molar-refractivity contribution in [2.75, 3.05) is 0 Å². The van der Waals surface area contributed by atoms with Crippen LogP contribution in [0.3, 0.4) is 0 Å². The summed E-state index contributed by atoms with van der Waals surface area (Å²) in [7, 11) is 0. The molecule has 90 valence electrons. The number of aromatic amines is 1. The molecule has 3 N–H and O–H groups in total. The summed E-state index contributed by atoms with van der Waals surface area (Å²) in [4.78, 5) is 14.7. The van der Waals surface area contributed by atoms with Crippen LogP contribution >= 0.6 is 12.2 Å². The maximum Gasteiger partial charge on any atom is 0.240 e. The first-order valence-electron chi connectivity index (χ1n) is 5.51. The number of rotatable bonds is 3. The van der Waals surface area contributed by atoms with Crippen LogP contribution in [-0.2, 0) is 4.79 Å². The van der Waals surface area contributed by atoms with E-state index in [0.717, 1.165) is 11.0 Å². The molecule has 0 aliphatic rings. The molecular weight excluding hydrogens is 234 g/mol. The first kappa shape index (κ1) is 11.9. The van der Waals surface area contributed by atoms with Crippen LogP contribution in [0.2, 0.25) is 0 Å². The standard InChI is InChI=1S/C12H15N3OS/c1-7(2)10(11(13)16)15-9-6-4-3-5-8(9)14-12(15)17/h3-7,10H,1-2H3,(H2,13,16)(H,14,17). The first-order chi connectivity index (χ1) is 8.02. The highest BCUT2D eigenvalue weighted by Gasteiger charge is 2.23. The van der Waals surface area contributed by atoms with Gasteiger partial charge in [-0.25, -0.2) is 0 Å². The zero-order valence-corrected chi connectivity index (χ0v) is 10.6. The van der Waals surface area contributed by atoms with Gasteiger partial charge in [0.25, 0.3) is 0 Å². The van der Waals surface area contributed by atoms with Gasteiger partial charge in [0, 0.05) is 0 Å². The Morgan fingerprint density at radius 3 is 2.65 bits per heavy atom. The molecule has 5 heteroatoms. The Morgan fingerprint density at radius 1 is 1.41 bits per heavy atom. The van der Waals surface area contributed by atoms with Gasteiger partial charge in [-0.15, -0.1) is 0 Å². The number of H-pyrrole nitrogens is 1. The second kappa shape index (κ2) is 4.33. The third kappa shape index (κ3) is 1.98. The van der Waals surface area contributed by atoms with Gasteiger partial charge in [-0.05, 0) is 30.3 Å². The number of fused-ring (bicyclic) bond motifs is 1. The molecule has 4 nitrogen and oxygen atoms in total. The van der Waals surface area contributed by atoms with Crippen LogP contribution in [0.1, 0.15) is 19.9 Å². The van der Waals surface area contributed by atoms with E-state index in [1.54, 1.807) is 4.57 Å². The average molecular weight is 249 g/mol. The number of carbonyl (C=O) groups excluding carboxylic acids is 1. The van der Waals surface area contributed by atoms with Crippen LogP contribution in [0.5, 0.6) is 0 Å². The molecule has 1 heterocycles. The van der Waals surface area contributed by atoms with Gasteiger partial charge in [-0.1, -0.05) is 26.0 Å². The lowest BCUT2D eigenvalue weighted by atomic mass is 10.0. The van der Waals surface area contributed by atoms with Crippen molar-refractivity contribution in [2.45, 2.75) is 19.9 Å². The number of nitrogens with zero attached hydrogens (tertiary/aromatic N) is 1. The maximum absolute atomic E-state index is 11.6. The number of benzene rings is 1. The molecular formula is C12H15N3OS. The van der Waals surface area contributed by atoms with E-state index < -0.39 is 6.04 Å². The Hall–Kier alpha value is -1.62. The zero-order chi connectivity index (χ0) is 12.6. The minimum Gasteiger partial charge on any atom is -0.368 e. The maximum atomic E-state index is 11.6. The molecule has 0 saturated heterocycles. The number of nitrogens with two attached hydrogens (primary N) is 1. The number of para-hydroxylation sites is 2. The number of amides is 1. The van der Waals surface area contributed by atoms with E-state index in [4.69, 9.17) is 18.0 Å². The molecule has 0 aliphatic heterocycles. The van der Waals surface area contributed by atoms with Gasteiger partial charge in [0.2, 0.25) is 5.91 Å². The lowest BCUT2D eigenvalue weighted by molar-refractivity contribution is -0.122. The van der Waals surface area contributed by atoms with E-state index in [9.17, 15) is 4.79 Å². The van der Waals surface area contributed by atoms with Crippen LogP contribution in [0.4, 0.5) is 0 Å². The van der Waals surface area contributed by atoms with Gasteiger partial charge in [-0.2, -0.15) is 0 Å². The summed E-state index contributed by atoms with van der Waals surface area (Å²) in [6.45, 7) is 3.91. The predicted octanol–water partition coefficient (Wildman–Crippen LogP) is 2.38. The van der Waals surface area contributed by atoms with Gasteiger partial charge < -0.3 is 15.3 Å². The van der Waals surface area contributed by atoms with E-state index in [2.05, 4.69) is 4.98 Å². The van der Waals surface area contributed by atoms with Crippen LogP contribution < -0.4 is 5.73 Å². The summed E-state index contributed by atoms with van der Waals surface area (Å²) in [5.41, 5.74) is 7.30. The summed E-state index contributed by atoms with van der Waals surface area (Å²) < 4.78 is 2.33. The summed E-state index contributed by atoms with van der Waals surface area (Å²) >= 11 is 5.27. The monoisotopic (exact) mass is 249 g/mol. The predicted molar refractivity (Wildman–Crippen MR) is 70.2 cm³/mol. The van der Waals surface area contributed by atoms with Crippen molar-refractivity contribution in [1.82, 2.24) is 9.55 Å². The second-order valence-electron chi connectivity index (χ2n) is 4.41. The van der Waals surface area contributed by atoms with E-state index in [1.807, 2.05) is 38.1 Å². The minimum absolute atomic E-state index is 0.0957. The number of nitrogens with one attached hydrogen (secondary N) is 1. The van der Waals surface area contributed by atoms with Gasteiger partial charge in [0.1, 0.15) is 6.04 Å². The zero-order valence-electron chi connectivity index (χ0n) is 9.81.